The number of aliphatic hydroxyl groups excluding tert-OH is 1. The number of hydrogen-bond donors (Lipinski definition) is 6. The van der Waals surface area contributed by atoms with E-state index in [0.29, 0.717) is 50.7 Å². The molecule has 0 fully saturated rings. The van der Waals surface area contributed by atoms with E-state index in [9.17, 15) is 19.8 Å². The van der Waals surface area contributed by atoms with Crippen LogP contribution in [0.1, 0.15) is 22.8 Å². The van der Waals surface area contributed by atoms with Crippen LogP contribution >= 0.6 is 23.2 Å². The number of phenolic OH excluding ortho intramolecular Hbond substituents is 1. The zero-order chi connectivity index (χ0) is 26.4. The highest BCUT2D eigenvalue weighted by Gasteiger charge is 2.14. The summed E-state index contributed by atoms with van der Waals surface area (Å²) in [5, 5.41) is 31.0. The molecule has 2 amide bonds. The summed E-state index contributed by atoms with van der Waals surface area (Å²) in [5.41, 5.74) is 2.87. The molecule has 10 heteroatoms. The third-order valence-electron chi connectivity index (χ3n) is 5.87. The highest BCUT2D eigenvalue weighted by molar-refractivity contribution is 6.36. The van der Waals surface area contributed by atoms with Gasteiger partial charge >= 0.3 is 6.03 Å². The Balaban J connectivity index is 1.27. The maximum Gasteiger partial charge on any atom is 0.319 e. The fraction of sp³-hybridized carbons (Fsp3) is 0.185. The third kappa shape index (κ3) is 6.81. The molecule has 0 aliphatic heterocycles. The Bertz CT molecular complexity index is 1450. The van der Waals surface area contributed by atoms with E-state index in [1.54, 1.807) is 36.4 Å². The number of H-pyrrole nitrogens is 1. The van der Waals surface area contributed by atoms with E-state index in [4.69, 9.17) is 23.2 Å². The van der Waals surface area contributed by atoms with Crippen molar-refractivity contribution in [2.75, 3.05) is 18.4 Å². The number of phenols is 1. The van der Waals surface area contributed by atoms with Gasteiger partial charge in [0.25, 0.3) is 0 Å². The van der Waals surface area contributed by atoms with E-state index in [2.05, 4.69) is 20.9 Å². The molecule has 3 aromatic carbocycles. The number of aromatic nitrogens is 1. The van der Waals surface area contributed by atoms with E-state index in [1.165, 1.54) is 12.1 Å². The first kappa shape index (κ1) is 26.5. The highest BCUT2D eigenvalue weighted by atomic mass is 35.5. The van der Waals surface area contributed by atoms with Crippen molar-refractivity contribution >= 4 is 45.8 Å². The fourth-order valence-corrected chi connectivity index (χ4v) is 4.51. The number of benzene rings is 3. The van der Waals surface area contributed by atoms with Gasteiger partial charge in [0.05, 0.1) is 11.6 Å². The summed E-state index contributed by atoms with van der Waals surface area (Å²) in [6, 6.07) is 18.3. The number of fused-ring (bicyclic) bond motifs is 1. The first-order chi connectivity index (χ1) is 17.8. The van der Waals surface area contributed by atoms with Gasteiger partial charge in [0, 0.05) is 45.8 Å². The van der Waals surface area contributed by atoms with Crippen molar-refractivity contribution < 1.29 is 15.0 Å². The lowest BCUT2D eigenvalue weighted by Crippen LogP contribution is -2.28. The molecule has 0 radical (unpaired) electrons. The number of urea groups is 1. The summed E-state index contributed by atoms with van der Waals surface area (Å²) in [7, 11) is 0. The second-order valence-corrected chi connectivity index (χ2v) is 9.28. The smallest absolute Gasteiger partial charge is 0.319 e. The number of hydrogen-bond acceptors (Lipinski definition) is 5. The molecule has 192 valence electrons. The molecule has 1 heterocycles. The summed E-state index contributed by atoms with van der Waals surface area (Å²) in [5.74, 6) is -0.0496. The van der Waals surface area contributed by atoms with Gasteiger partial charge in [-0.1, -0.05) is 47.5 Å². The van der Waals surface area contributed by atoms with Gasteiger partial charge in [-0.3, -0.25) is 4.79 Å². The quantitative estimate of drug-likeness (QED) is 0.171. The van der Waals surface area contributed by atoms with Gasteiger partial charge in [0.15, 0.2) is 0 Å². The maximum absolute atomic E-state index is 12.3. The molecule has 1 unspecified atom stereocenters. The molecule has 1 atom stereocenters. The Morgan fingerprint density at radius 3 is 2.54 bits per heavy atom. The van der Waals surface area contributed by atoms with Crippen LogP contribution in [-0.4, -0.2) is 34.3 Å². The number of halogens is 2. The number of carbonyl (C=O) groups is 1. The molecule has 6 N–H and O–H groups in total. The van der Waals surface area contributed by atoms with Crippen LogP contribution in [0.2, 0.25) is 10.0 Å². The molecule has 0 saturated carbocycles. The van der Waals surface area contributed by atoms with E-state index in [-0.39, 0.29) is 30.4 Å². The van der Waals surface area contributed by atoms with Crippen molar-refractivity contribution in [3.8, 4) is 5.75 Å². The molecule has 0 aliphatic carbocycles. The summed E-state index contributed by atoms with van der Waals surface area (Å²) >= 11 is 12.3. The predicted octanol–water partition coefficient (Wildman–Crippen LogP) is 4.73. The number of amides is 2. The topological polar surface area (TPSA) is 126 Å². The Hall–Kier alpha value is -3.56. The van der Waals surface area contributed by atoms with Crippen molar-refractivity contribution in [2.24, 2.45) is 0 Å². The van der Waals surface area contributed by atoms with Crippen molar-refractivity contribution in [3.63, 3.8) is 0 Å². The Morgan fingerprint density at radius 2 is 1.76 bits per heavy atom. The van der Waals surface area contributed by atoms with Crippen molar-refractivity contribution in [1.82, 2.24) is 15.6 Å². The lowest BCUT2D eigenvalue weighted by atomic mass is 10.0. The molecule has 37 heavy (non-hydrogen) atoms. The third-order valence-corrected chi connectivity index (χ3v) is 6.57. The molecule has 4 aromatic rings. The molecular formula is C27H26Cl2N4O4. The maximum atomic E-state index is 12.3. The minimum absolute atomic E-state index is 0.0496. The molecule has 0 saturated heterocycles. The Morgan fingerprint density at radius 1 is 1.00 bits per heavy atom. The minimum atomic E-state index is -0.836. The van der Waals surface area contributed by atoms with Crippen LogP contribution in [0.3, 0.4) is 0 Å². The highest BCUT2D eigenvalue weighted by Crippen LogP contribution is 2.28. The number of carbonyl (C=O) groups excluding carboxylic acids is 1. The SMILES string of the molecule is O=C(NCc1c(Cl)cccc1Cl)Nc1cccc(CCNCC(O)c2ccc(O)c3[nH]c(=O)ccc23)c1. The van der Waals surface area contributed by atoms with Crippen LogP contribution in [0, 0.1) is 0 Å². The second-order valence-electron chi connectivity index (χ2n) is 8.46. The average molecular weight is 541 g/mol. The number of rotatable bonds is 9. The molecule has 0 aliphatic rings. The molecule has 8 nitrogen and oxygen atoms in total. The van der Waals surface area contributed by atoms with Crippen molar-refractivity contribution in [2.45, 2.75) is 19.1 Å². The number of aliphatic hydroxyl groups is 1. The molecular weight excluding hydrogens is 515 g/mol. The van der Waals surface area contributed by atoms with Gasteiger partial charge in [-0.15, -0.1) is 0 Å². The standard InChI is InChI=1S/C27H26Cl2N4O4/c28-21-5-2-6-22(29)20(21)14-31-27(37)32-17-4-1-3-16(13-17)11-12-30-15-24(35)18-7-9-23(34)26-19(18)8-10-25(36)33-26/h1-10,13,24,30,34-35H,11-12,14-15H2,(H,33,36)(H2,31,32,37). The number of pyridine rings is 1. The second kappa shape index (κ2) is 12.1. The van der Waals surface area contributed by atoms with Crippen LogP contribution in [-0.2, 0) is 13.0 Å². The Labute approximate surface area is 223 Å². The lowest BCUT2D eigenvalue weighted by molar-refractivity contribution is 0.176. The van der Waals surface area contributed by atoms with Gasteiger partial charge < -0.3 is 31.1 Å². The number of aromatic amines is 1. The van der Waals surface area contributed by atoms with Crippen LogP contribution in [0.5, 0.6) is 5.75 Å². The van der Waals surface area contributed by atoms with Crippen LogP contribution < -0.4 is 21.5 Å². The monoisotopic (exact) mass is 540 g/mol. The van der Waals surface area contributed by atoms with Crippen LogP contribution in [0.25, 0.3) is 10.9 Å². The van der Waals surface area contributed by atoms with Crippen molar-refractivity contribution in [1.29, 1.82) is 0 Å². The summed E-state index contributed by atoms with van der Waals surface area (Å²) in [6.45, 7) is 1.07. The summed E-state index contributed by atoms with van der Waals surface area (Å²) in [6.07, 6.45) is -0.166. The largest absolute Gasteiger partial charge is 0.506 e. The molecule has 4 rings (SSSR count). The Kier molecular flexibility index (Phi) is 8.68. The summed E-state index contributed by atoms with van der Waals surface area (Å²) < 4.78 is 0. The van der Waals surface area contributed by atoms with Crippen LogP contribution in [0.15, 0.2) is 71.5 Å². The number of nitrogens with one attached hydrogen (secondary N) is 4. The number of anilines is 1. The van der Waals surface area contributed by atoms with Gasteiger partial charge in [0.1, 0.15) is 5.75 Å². The van der Waals surface area contributed by atoms with E-state index in [1.807, 2.05) is 18.2 Å². The minimum Gasteiger partial charge on any atom is -0.506 e. The van der Waals surface area contributed by atoms with Crippen LogP contribution in [0.4, 0.5) is 10.5 Å². The predicted molar refractivity (Wildman–Crippen MR) is 147 cm³/mol. The van der Waals surface area contributed by atoms with Gasteiger partial charge in [-0.2, -0.15) is 0 Å². The normalized spacial score (nSPS) is 11.9. The fourth-order valence-electron chi connectivity index (χ4n) is 3.98. The van der Waals surface area contributed by atoms with Crippen molar-refractivity contribution in [3.05, 3.63) is 104 Å². The molecule has 0 bridgehead atoms. The zero-order valence-corrected chi connectivity index (χ0v) is 21.2. The first-order valence-corrected chi connectivity index (χ1v) is 12.4. The average Bonchev–Trinajstić information content (AvgIpc) is 2.87. The lowest BCUT2D eigenvalue weighted by Gasteiger charge is -2.15. The van der Waals surface area contributed by atoms with Gasteiger partial charge in [-0.05, 0) is 60.5 Å². The van der Waals surface area contributed by atoms with E-state index < -0.39 is 6.10 Å². The number of aromatic hydroxyl groups is 1. The zero-order valence-electron chi connectivity index (χ0n) is 19.7. The van der Waals surface area contributed by atoms with Gasteiger partial charge in [0.2, 0.25) is 5.56 Å². The summed E-state index contributed by atoms with van der Waals surface area (Å²) in [4.78, 5) is 26.5. The molecule has 0 spiro atoms. The van der Waals surface area contributed by atoms with E-state index >= 15 is 0 Å². The molecule has 1 aromatic heterocycles. The van der Waals surface area contributed by atoms with Gasteiger partial charge in [-0.25, -0.2) is 4.79 Å². The first-order valence-electron chi connectivity index (χ1n) is 11.6. The van der Waals surface area contributed by atoms with E-state index in [0.717, 1.165) is 5.56 Å².